The van der Waals surface area contributed by atoms with E-state index < -0.39 is 0 Å². The first-order chi connectivity index (χ1) is 12.6. The van der Waals surface area contributed by atoms with Crippen LogP contribution in [0.1, 0.15) is 24.4 Å². The monoisotopic (exact) mass is 354 g/mol. The number of ether oxygens (including phenoxy) is 1. The van der Waals surface area contributed by atoms with Crippen molar-refractivity contribution in [2.75, 3.05) is 13.2 Å². The van der Waals surface area contributed by atoms with Crippen LogP contribution in [-0.4, -0.2) is 34.1 Å². The zero-order valence-electron chi connectivity index (χ0n) is 14.3. The minimum Gasteiger partial charge on any atom is -0.491 e. The van der Waals surface area contributed by atoms with Gasteiger partial charge >= 0.3 is 6.03 Å². The van der Waals surface area contributed by atoms with Crippen molar-refractivity contribution in [3.63, 3.8) is 0 Å². The van der Waals surface area contributed by atoms with E-state index in [0.717, 1.165) is 11.0 Å². The lowest BCUT2D eigenvalue weighted by Gasteiger charge is -2.22. The highest BCUT2D eigenvalue weighted by Crippen LogP contribution is 2.25. The zero-order chi connectivity index (χ0) is 18.1. The summed E-state index contributed by atoms with van der Waals surface area (Å²) < 4.78 is 19.6. The molecule has 1 aliphatic rings. The molecule has 2 heterocycles. The number of aromatic nitrogens is 2. The molecule has 7 heteroatoms. The molecular weight excluding hydrogens is 335 g/mol. The number of hydrogen-bond donors (Lipinski definition) is 2. The number of nitrogens with zero attached hydrogens (tertiary/aromatic N) is 2. The summed E-state index contributed by atoms with van der Waals surface area (Å²) in [5.41, 5.74) is 2.17. The number of H-pyrrole nitrogens is 1. The molecule has 4 rings (SSSR count). The minimum atomic E-state index is -0.368. The van der Waals surface area contributed by atoms with E-state index in [9.17, 15) is 9.18 Å². The Hall–Kier alpha value is -3.09. The van der Waals surface area contributed by atoms with Gasteiger partial charge in [0.05, 0.1) is 30.2 Å². The van der Waals surface area contributed by atoms with Gasteiger partial charge in [-0.05, 0) is 31.2 Å². The van der Waals surface area contributed by atoms with Crippen LogP contribution < -0.4 is 10.1 Å². The van der Waals surface area contributed by atoms with Crippen molar-refractivity contribution in [1.82, 2.24) is 20.2 Å². The van der Waals surface area contributed by atoms with Crippen LogP contribution in [-0.2, 0) is 6.54 Å². The lowest BCUT2D eigenvalue weighted by Crippen LogP contribution is -2.42. The molecule has 134 valence electrons. The first-order valence-corrected chi connectivity index (χ1v) is 8.52. The molecule has 0 bridgehead atoms. The molecule has 0 aliphatic carbocycles. The van der Waals surface area contributed by atoms with Crippen LogP contribution >= 0.6 is 0 Å². The van der Waals surface area contributed by atoms with Crippen molar-refractivity contribution < 1.29 is 13.9 Å². The van der Waals surface area contributed by atoms with Gasteiger partial charge in [-0.15, -0.1) is 0 Å². The van der Waals surface area contributed by atoms with E-state index in [0.29, 0.717) is 30.3 Å². The third-order valence-corrected chi connectivity index (χ3v) is 4.49. The maximum Gasteiger partial charge on any atom is 0.318 e. The normalized spacial score (nSPS) is 15.1. The van der Waals surface area contributed by atoms with E-state index in [1.54, 1.807) is 17.0 Å². The number of halogens is 1. The molecule has 26 heavy (non-hydrogen) atoms. The summed E-state index contributed by atoms with van der Waals surface area (Å²) in [4.78, 5) is 21.9. The number of nitrogens with one attached hydrogen (secondary N) is 2. The van der Waals surface area contributed by atoms with Gasteiger partial charge in [0.15, 0.2) is 0 Å². The smallest absolute Gasteiger partial charge is 0.318 e. The molecule has 2 amide bonds. The van der Waals surface area contributed by atoms with Crippen LogP contribution in [0.4, 0.5) is 9.18 Å². The van der Waals surface area contributed by atoms with Crippen molar-refractivity contribution >= 4 is 17.1 Å². The molecule has 0 saturated heterocycles. The van der Waals surface area contributed by atoms with Crippen LogP contribution in [0.15, 0.2) is 42.5 Å². The molecular formula is C19H19FN4O2. The van der Waals surface area contributed by atoms with Crippen LogP contribution in [0, 0.1) is 5.82 Å². The molecule has 6 nitrogen and oxygen atoms in total. The Balaban J connectivity index is 1.49. The molecule has 0 saturated carbocycles. The van der Waals surface area contributed by atoms with Crippen LogP contribution in [0.2, 0.25) is 0 Å². The highest BCUT2D eigenvalue weighted by atomic mass is 19.1. The Kier molecular flexibility index (Phi) is 4.20. The summed E-state index contributed by atoms with van der Waals surface area (Å²) in [5, 5.41) is 2.92. The van der Waals surface area contributed by atoms with E-state index >= 15 is 0 Å². The number of carbonyl (C=O) groups excluding carboxylic acids is 1. The third kappa shape index (κ3) is 3.08. The standard InChI is InChI=1S/C19H19FN4O2/c1-12(18-22-15-6-2-3-7-16(15)23-18)21-19(25)24-9-10-26-17-8-4-5-14(20)13(17)11-24/h2-8,12H,9-11H2,1H3,(H,21,25)(H,22,23)/t12-/m0/s1. The number of amides is 2. The fraction of sp³-hybridized carbons (Fsp3) is 0.263. The number of fused-ring (bicyclic) bond motifs is 2. The lowest BCUT2D eigenvalue weighted by molar-refractivity contribution is 0.184. The van der Waals surface area contributed by atoms with Crippen molar-refractivity contribution in [2.24, 2.45) is 0 Å². The van der Waals surface area contributed by atoms with Crippen LogP contribution in [0.3, 0.4) is 0 Å². The number of carbonyl (C=O) groups is 1. The number of urea groups is 1. The van der Waals surface area contributed by atoms with Gasteiger partial charge in [-0.2, -0.15) is 0 Å². The fourth-order valence-corrected chi connectivity index (χ4v) is 3.06. The number of para-hydroxylation sites is 2. The molecule has 0 spiro atoms. The second kappa shape index (κ2) is 6.67. The highest BCUT2D eigenvalue weighted by Gasteiger charge is 2.24. The lowest BCUT2D eigenvalue weighted by atomic mass is 10.2. The predicted octanol–water partition coefficient (Wildman–Crippen LogP) is 3.37. The van der Waals surface area contributed by atoms with Crippen LogP contribution in [0.5, 0.6) is 5.75 Å². The molecule has 3 aromatic rings. The average Bonchev–Trinajstić information content (AvgIpc) is 2.94. The number of rotatable bonds is 2. The Morgan fingerprint density at radius 1 is 1.31 bits per heavy atom. The summed E-state index contributed by atoms with van der Waals surface area (Å²) in [6.07, 6.45) is 0. The van der Waals surface area contributed by atoms with Gasteiger partial charge in [0.25, 0.3) is 0 Å². The summed E-state index contributed by atoms with van der Waals surface area (Å²) in [5.74, 6) is 0.801. The van der Waals surface area contributed by atoms with Gasteiger partial charge in [0.1, 0.15) is 24.0 Å². The molecule has 2 N–H and O–H groups in total. The summed E-state index contributed by atoms with van der Waals surface area (Å²) in [6.45, 7) is 2.73. The second-order valence-electron chi connectivity index (χ2n) is 6.30. The van der Waals surface area contributed by atoms with Crippen molar-refractivity contribution in [3.8, 4) is 5.75 Å². The summed E-state index contributed by atoms with van der Waals surface area (Å²) in [7, 11) is 0. The van der Waals surface area contributed by atoms with Crippen molar-refractivity contribution in [2.45, 2.75) is 19.5 Å². The van der Waals surface area contributed by atoms with E-state index in [2.05, 4.69) is 15.3 Å². The zero-order valence-corrected chi connectivity index (χ0v) is 14.3. The molecule has 0 unspecified atom stereocenters. The minimum absolute atomic E-state index is 0.167. The van der Waals surface area contributed by atoms with Crippen molar-refractivity contribution in [3.05, 3.63) is 59.7 Å². The summed E-state index contributed by atoms with van der Waals surface area (Å²) in [6, 6.07) is 11.8. The van der Waals surface area contributed by atoms with Gasteiger partial charge in [-0.25, -0.2) is 14.2 Å². The highest BCUT2D eigenvalue weighted by molar-refractivity contribution is 5.76. The number of benzene rings is 2. The number of imidazole rings is 1. The number of hydrogen-bond acceptors (Lipinski definition) is 3. The first kappa shape index (κ1) is 16.4. The molecule has 1 atom stereocenters. The molecule has 0 radical (unpaired) electrons. The Labute approximate surface area is 150 Å². The van der Waals surface area contributed by atoms with Gasteiger partial charge in [-0.1, -0.05) is 18.2 Å². The third-order valence-electron chi connectivity index (χ3n) is 4.49. The van der Waals surface area contributed by atoms with E-state index in [4.69, 9.17) is 4.74 Å². The molecule has 2 aromatic carbocycles. The molecule has 1 aromatic heterocycles. The SMILES string of the molecule is C[C@H](NC(=O)N1CCOc2cccc(F)c2C1)c1nc2ccccc2[nH]1. The van der Waals surface area contributed by atoms with E-state index in [1.807, 2.05) is 31.2 Å². The van der Waals surface area contributed by atoms with Gasteiger partial charge in [0.2, 0.25) is 0 Å². The quantitative estimate of drug-likeness (QED) is 0.741. The average molecular weight is 354 g/mol. The summed E-state index contributed by atoms with van der Waals surface area (Å²) >= 11 is 0. The van der Waals surface area contributed by atoms with E-state index in [1.165, 1.54) is 6.07 Å². The largest absolute Gasteiger partial charge is 0.491 e. The Morgan fingerprint density at radius 3 is 3.00 bits per heavy atom. The predicted molar refractivity (Wildman–Crippen MR) is 95.3 cm³/mol. The van der Waals surface area contributed by atoms with Crippen LogP contribution in [0.25, 0.3) is 11.0 Å². The first-order valence-electron chi connectivity index (χ1n) is 8.52. The molecule has 0 fully saturated rings. The second-order valence-corrected chi connectivity index (χ2v) is 6.30. The number of aromatic amines is 1. The fourth-order valence-electron chi connectivity index (χ4n) is 3.06. The van der Waals surface area contributed by atoms with Gasteiger partial charge < -0.3 is 19.9 Å². The van der Waals surface area contributed by atoms with Crippen molar-refractivity contribution in [1.29, 1.82) is 0 Å². The van der Waals surface area contributed by atoms with E-state index in [-0.39, 0.29) is 24.4 Å². The van der Waals surface area contributed by atoms with Gasteiger partial charge in [0, 0.05) is 5.56 Å². The Morgan fingerprint density at radius 2 is 2.15 bits per heavy atom. The Bertz CT molecular complexity index is 923. The van der Waals surface area contributed by atoms with Gasteiger partial charge in [-0.3, -0.25) is 0 Å². The maximum absolute atomic E-state index is 14.1. The maximum atomic E-state index is 14.1. The molecule has 1 aliphatic heterocycles. The topological polar surface area (TPSA) is 70.2 Å².